The van der Waals surface area contributed by atoms with Crippen molar-refractivity contribution in [1.29, 1.82) is 0 Å². The maximum atomic E-state index is 12.4. The van der Waals surface area contributed by atoms with Gasteiger partial charge in [0.05, 0.1) is 26.3 Å². The second-order valence-corrected chi connectivity index (χ2v) is 7.40. The first-order valence-electron chi connectivity index (χ1n) is 10.4. The van der Waals surface area contributed by atoms with E-state index in [1.165, 1.54) is 12.1 Å². The third kappa shape index (κ3) is 5.51. The van der Waals surface area contributed by atoms with E-state index in [1.807, 2.05) is 18.2 Å². The number of carbonyl (C=O) groups is 1. The van der Waals surface area contributed by atoms with Crippen LogP contribution in [0.3, 0.4) is 0 Å². The highest BCUT2D eigenvalue weighted by atomic mass is 16.5. The summed E-state index contributed by atoms with van der Waals surface area (Å²) in [6.07, 6.45) is 1.61. The second kappa shape index (κ2) is 10.6. The number of rotatable bonds is 10. The van der Waals surface area contributed by atoms with Crippen molar-refractivity contribution in [3.8, 4) is 23.0 Å². The number of hydrogen-bond donors (Lipinski definition) is 2. The van der Waals surface area contributed by atoms with Crippen LogP contribution in [0.5, 0.6) is 23.0 Å². The normalized spacial score (nSPS) is 10.7. The van der Waals surface area contributed by atoms with E-state index in [2.05, 4.69) is 4.98 Å². The number of fused-ring (bicyclic) bond motifs is 1. The van der Waals surface area contributed by atoms with Gasteiger partial charge >= 0.3 is 0 Å². The molecule has 0 unspecified atom stereocenters. The van der Waals surface area contributed by atoms with Crippen LogP contribution in [0.2, 0.25) is 0 Å². The van der Waals surface area contributed by atoms with Gasteiger partial charge < -0.3 is 29.2 Å². The van der Waals surface area contributed by atoms with Crippen LogP contribution >= 0.6 is 0 Å². The minimum absolute atomic E-state index is 0.0173. The Morgan fingerprint density at radius 3 is 2.53 bits per heavy atom. The number of aromatic amines is 1. The van der Waals surface area contributed by atoms with Crippen molar-refractivity contribution in [3.63, 3.8) is 0 Å². The van der Waals surface area contributed by atoms with Crippen molar-refractivity contribution in [1.82, 2.24) is 9.88 Å². The topological polar surface area (TPSA) is 101 Å². The fourth-order valence-corrected chi connectivity index (χ4v) is 3.39. The number of phenols is 1. The molecule has 0 saturated heterocycles. The van der Waals surface area contributed by atoms with E-state index in [9.17, 15) is 14.7 Å². The van der Waals surface area contributed by atoms with E-state index >= 15 is 0 Å². The molecule has 2 aromatic carbocycles. The first-order chi connectivity index (χ1) is 15.4. The zero-order valence-corrected chi connectivity index (χ0v) is 18.5. The summed E-state index contributed by atoms with van der Waals surface area (Å²) >= 11 is 0. The molecule has 1 amide bonds. The number of aromatic hydroxyl groups is 1. The van der Waals surface area contributed by atoms with Gasteiger partial charge in [-0.05, 0) is 48.7 Å². The lowest BCUT2D eigenvalue weighted by atomic mass is 10.1. The largest absolute Gasteiger partial charge is 0.506 e. The summed E-state index contributed by atoms with van der Waals surface area (Å²) in [5.74, 6) is 1.91. The third-order valence-electron chi connectivity index (χ3n) is 5.24. The van der Waals surface area contributed by atoms with Gasteiger partial charge in [0.2, 0.25) is 11.5 Å². The highest BCUT2D eigenvalue weighted by molar-refractivity contribution is 5.89. The van der Waals surface area contributed by atoms with Gasteiger partial charge in [-0.2, -0.15) is 0 Å². The highest BCUT2D eigenvalue weighted by Crippen LogP contribution is 2.30. The van der Waals surface area contributed by atoms with Crippen LogP contribution in [-0.4, -0.2) is 55.3 Å². The van der Waals surface area contributed by atoms with Crippen LogP contribution in [0.15, 0.2) is 47.3 Å². The average molecular weight is 440 g/mol. The number of benzene rings is 2. The standard InChI is InChI=1S/C24H28N2O6/c1-26(13-12-16-6-9-20(30-2)21(15-16)31-3)23(29)5-4-14-32-19-10-8-18(27)24-17(19)7-11-22(28)25-24/h6-11,15,27H,4-5,12-14H2,1-3H3,(H,25,28). The van der Waals surface area contributed by atoms with Gasteiger partial charge in [-0.15, -0.1) is 0 Å². The Hall–Kier alpha value is -3.68. The van der Waals surface area contributed by atoms with Gasteiger partial charge in [-0.3, -0.25) is 9.59 Å². The van der Waals surface area contributed by atoms with Gasteiger partial charge in [-0.1, -0.05) is 6.07 Å². The minimum Gasteiger partial charge on any atom is -0.506 e. The molecule has 0 radical (unpaired) electrons. The van der Waals surface area contributed by atoms with Crippen LogP contribution < -0.4 is 19.8 Å². The number of likely N-dealkylation sites (N-methyl/N-ethyl adjacent to an activating group) is 1. The number of carbonyl (C=O) groups excluding carboxylic acids is 1. The van der Waals surface area contributed by atoms with E-state index in [4.69, 9.17) is 14.2 Å². The van der Waals surface area contributed by atoms with E-state index in [1.54, 1.807) is 38.3 Å². The maximum Gasteiger partial charge on any atom is 0.248 e. The van der Waals surface area contributed by atoms with Gasteiger partial charge in [0, 0.05) is 31.5 Å². The fraction of sp³-hybridized carbons (Fsp3) is 0.333. The number of aromatic nitrogens is 1. The Bertz CT molecular complexity index is 1140. The first-order valence-corrected chi connectivity index (χ1v) is 10.4. The molecule has 2 N–H and O–H groups in total. The predicted octanol–water partition coefficient (Wildman–Crippen LogP) is 3.11. The van der Waals surface area contributed by atoms with Gasteiger partial charge in [0.15, 0.2) is 11.5 Å². The molecule has 3 aromatic rings. The van der Waals surface area contributed by atoms with Crippen LogP contribution in [-0.2, 0) is 11.2 Å². The summed E-state index contributed by atoms with van der Waals surface area (Å²) in [4.78, 5) is 28.2. The molecule has 0 atom stereocenters. The summed E-state index contributed by atoms with van der Waals surface area (Å²) in [7, 11) is 4.98. The Balaban J connectivity index is 1.47. The van der Waals surface area contributed by atoms with Gasteiger partial charge in [0.25, 0.3) is 0 Å². The summed E-state index contributed by atoms with van der Waals surface area (Å²) in [5, 5.41) is 10.5. The molecule has 8 heteroatoms. The Morgan fingerprint density at radius 2 is 1.78 bits per heavy atom. The van der Waals surface area contributed by atoms with E-state index < -0.39 is 0 Å². The SMILES string of the molecule is COc1ccc(CCN(C)C(=O)CCCOc2ccc(O)c3[nH]c(=O)ccc23)cc1OC. The molecule has 8 nitrogen and oxygen atoms in total. The molecule has 0 saturated carbocycles. The predicted molar refractivity (Wildman–Crippen MR) is 122 cm³/mol. The smallest absolute Gasteiger partial charge is 0.248 e. The van der Waals surface area contributed by atoms with Gasteiger partial charge in [-0.25, -0.2) is 0 Å². The molecule has 0 fully saturated rings. The Morgan fingerprint density at radius 1 is 1.03 bits per heavy atom. The van der Waals surface area contributed by atoms with Crippen molar-refractivity contribution in [2.75, 3.05) is 34.4 Å². The lowest BCUT2D eigenvalue weighted by molar-refractivity contribution is -0.130. The molecule has 32 heavy (non-hydrogen) atoms. The molecule has 1 aromatic heterocycles. The van der Waals surface area contributed by atoms with Crippen LogP contribution in [0.4, 0.5) is 0 Å². The average Bonchev–Trinajstić information content (AvgIpc) is 2.81. The number of hydrogen-bond acceptors (Lipinski definition) is 6. The number of ether oxygens (including phenoxy) is 3. The van der Waals surface area contributed by atoms with E-state index in [0.29, 0.717) is 60.6 Å². The third-order valence-corrected chi connectivity index (χ3v) is 5.24. The van der Waals surface area contributed by atoms with Crippen molar-refractivity contribution in [2.24, 2.45) is 0 Å². The molecule has 0 spiro atoms. The van der Waals surface area contributed by atoms with E-state index in [0.717, 1.165) is 5.56 Å². The number of phenolic OH excluding ortho intramolecular Hbond substituents is 1. The molecule has 170 valence electrons. The molecule has 0 aliphatic heterocycles. The number of nitrogens with one attached hydrogen (secondary N) is 1. The van der Waals surface area contributed by atoms with Crippen molar-refractivity contribution in [2.45, 2.75) is 19.3 Å². The lowest BCUT2D eigenvalue weighted by Gasteiger charge is -2.18. The zero-order valence-electron chi connectivity index (χ0n) is 18.5. The van der Waals surface area contributed by atoms with E-state index in [-0.39, 0.29) is 17.2 Å². The summed E-state index contributed by atoms with van der Waals surface area (Å²) < 4.78 is 16.4. The highest BCUT2D eigenvalue weighted by Gasteiger charge is 2.11. The number of pyridine rings is 1. The number of H-pyrrole nitrogens is 1. The summed E-state index contributed by atoms with van der Waals surface area (Å²) in [6.45, 7) is 0.930. The van der Waals surface area contributed by atoms with Crippen LogP contribution in [0.25, 0.3) is 10.9 Å². The zero-order chi connectivity index (χ0) is 23.1. The van der Waals surface area contributed by atoms with Crippen molar-refractivity contribution >= 4 is 16.8 Å². The van der Waals surface area contributed by atoms with Gasteiger partial charge in [0.1, 0.15) is 11.5 Å². The molecular weight excluding hydrogens is 412 g/mol. The summed E-state index contributed by atoms with van der Waals surface area (Å²) in [5.41, 5.74) is 1.09. The quantitative estimate of drug-likeness (QED) is 0.470. The minimum atomic E-state index is -0.299. The van der Waals surface area contributed by atoms with Crippen LogP contribution in [0.1, 0.15) is 18.4 Å². The maximum absolute atomic E-state index is 12.4. The lowest BCUT2D eigenvalue weighted by Crippen LogP contribution is -2.28. The number of nitrogens with zero attached hydrogens (tertiary/aromatic N) is 1. The van der Waals surface area contributed by atoms with Crippen molar-refractivity contribution in [3.05, 3.63) is 58.4 Å². The Labute approximate surface area is 186 Å². The molecular formula is C24H28N2O6. The molecule has 0 aliphatic rings. The second-order valence-electron chi connectivity index (χ2n) is 7.40. The van der Waals surface area contributed by atoms with Crippen LogP contribution in [0, 0.1) is 0 Å². The number of methoxy groups -OCH3 is 2. The fourth-order valence-electron chi connectivity index (χ4n) is 3.39. The molecule has 0 aliphatic carbocycles. The van der Waals surface area contributed by atoms with Crippen molar-refractivity contribution < 1.29 is 24.1 Å². The molecule has 0 bridgehead atoms. The number of amides is 1. The summed E-state index contributed by atoms with van der Waals surface area (Å²) in [6, 6.07) is 11.8. The molecule has 1 heterocycles. The monoisotopic (exact) mass is 440 g/mol. The molecule has 3 rings (SSSR count). The first kappa shape index (κ1) is 23.0. The Kier molecular flexibility index (Phi) is 7.59.